The number of hydrogen-bond acceptors (Lipinski definition) is 2. The van der Waals surface area contributed by atoms with Crippen LogP contribution >= 0.6 is 0 Å². The van der Waals surface area contributed by atoms with Gasteiger partial charge in [0, 0.05) is 12.1 Å². The van der Waals surface area contributed by atoms with E-state index in [0.717, 1.165) is 44.0 Å². The van der Waals surface area contributed by atoms with Crippen molar-refractivity contribution in [2.24, 2.45) is 0 Å². The van der Waals surface area contributed by atoms with Gasteiger partial charge in [-0.2, -0.15) is 0 Å². The molecule has 3 rings (SSSR count). The van der Waals surface area contributed by atoms with E-state index in [9.17, 15) is 4.79 Å². The molecule has 5 nitrogen and oxygen atoms in total. The quantitative estimate of drug-likeness (QED) is 0.630. The zero-order valence-corrected chi connectivity index (χ0v) is 17.3. The highest BCUT2D eigenvalue weighted by Crippen LogP contribution is 2.10. The van der Waals surface area contributed by atoms with Gasteiger partial charge in [-0.3, -0.25) is 4.79 Å². The van der Waals surface area contributed by atoms with Crippen LogP contribution in [0.4, 0.5) is 0 Å². The van der Waals surface area contributed by atoms with Crippen molar-refractivity contribution in [2.45, 2.75) is 33.0 Å². The third kappa shape index (κ3) is 5.57. The van der Waals surface area contributed by atoms with E-state index in [1.807, 2.05) is 31.2 Å². The first kappa shape index (κ1) is 20.4. The standard InChI is InChI=1S/C23H31N3O2/c1-18-5-4-6-21(15-18)17-25-11-13-26(14-12-25)19(2)23(27)24-16-20-7-9-22(28-3)10-8-20/h4-10,15,19H,11-14,16-17H2,1-3H3,(H,24,27)/p+2/t19-/m0/s1. The maximum Gasteiger partial charge on any atom is 0.278 e. The Kier molecular flexibility index (Phi) is 7.06. The Bertz CT molecular complexity index is 768. The topological polar surface area (TPSA) is 47.2 Å². The highest BCUT2D eigenvalue weighted by atomic mass is 16.5. The molecule has 0 aliphatic carbocycles. The van der Waals surface area contributed by atoms with E-state index in [2.05, 4.69) is 36.5 Å². The highest BCUT2D eigenvalue weighted by Gasteiger charge is 2.30. The third-order valence-corrected chi connectivity index (χ3v) is 5.77. The fraction of sp³-hybridized carbons (Fsp3) is 0.435. The molecule has 0 radical (unpaired) electrons. The number of amides is 1. The van der Waals surface area contributed by atoms with E-state index in [0.29, 0.717) is 6.54 Å². The predicted octanol–water partition coefficient (Wildman–Crippen LogP) is -0.00808. The predicted molar refractivity (Wildman–Crippen MR) is 111 cm³/mol. The molecule has 0 unspecified atom stereocenters. The summed E-state index contributed by atoms with van der Waals surface area (Å²) in [6, 6.07) is 16.6. The van der Waals surface area contributed by atoms with Gasteiger partial charge in [-0.25, -0.2) is 0 Å². The molecule has 3 N–H and O–H groups in total. The fourth-order valence-electron chi connectivity index (χ4n) is 3.92. The fourth-order valence-corrected chi connectivity index (χ4v) is 3.92. The van der Waals surface area contributed by atoms with Crippen LogP contribution in [-0.4, -0.2) is 45.2 Å². The normalized spacial score (nSPS) is 20.4. The second-order valence-electron chi connectivity index (χ2n) is 7.86. The lowest BCUT2D eigenvalue weighted by Crippen LogP contribution is -3.29. The number of nitrogens with one attached hydrogen (secondary N) is 3. The van der Waals surface area contributed by atoms with Crippen LogP contribution in [-0.2, 0) is 17.9 Å². The smallest absolute Gasteiger partial charge is 0.278 e. The summed E-state index contributed by atoms with van der Waals surface area (Å²) in [7, 11) is 1.66. The molecule has 1 heterocycles. The number of carbonyl (C=O) groups excluding carboxylic acids is 1. The summed E-state index contributed by atoms with van der Waals surface area (Å²) in [5.41, 5.74) is 3.82. The van der Waals surface area contributed by atoms with Gasteiger partial charge in [-0.1, -0.05) is 42.0 Å². The average Bonchev–Trinajstić information content (AvgIpc) is 2.72. The minimum absolute atomic E-state index is 0.0150. The molecule has 1 aliphatic heterocycles. The molecule has 1 aliphatic rings. The molecule has 150 valence electrons. The number of benzene rings is 2. The van der Waals surface area contributed by atoms with Crippen molar-refractivity contribution in [3.63, 3.8) is 0 Å². The van der Waals surface area contributed by atoms with Crippen molar-refractivity contribution in [3.05, 3.63) is 65.2 Å². The van der Waals surface area contributed by atoms with Crippen LogP contribution in [0.5, 0.6) is 5.75 Å². The number of ether oxygens (including phenoxy) is 1. The molecule has 1 amide bonds. The van der Waals surface area contributed by atoms with Crippen LogP contribution < -0.4 is 19.9 Å². The van der Waals surface area contributed by atoms with Crippen LogP contribution in [0.1, 0.15) is 23.6 Å². The van der Waals surface area contributed by atoms with Crippen molar-refractivity contribution < 1.29 is 19.3 Å². The molecular formula is C23H33N3O2+2. The second-order valence-corrected chi connectivity index (χ2v) is 7.86. The van der Waals surface area contributed by atoms with Gasteiger partial charge in [0.1, 0.15) is 38.5 Å². The highest BCUT2D eigenvalue weighted by molar-refractivity contribution is 5.79. The maximum atomic E-state index is 12.6. The zero-order valence-electron chi connectivity index (χ0n) is 17.3. The molecule has 0 bridgehead atoms. The van der Waals surface area contributed by atoms with Crippen molar-refractivity contribution in [1.29, 1.82) is 0 Å². The Balaban J connectivity index is 1.43. The number of rotatable bonds is 7. The van der Waals surface area contributed by atoms with Crippen LogP contribution in [0.25, 0.3) is 0 Å². The largest absolute Gasteiger partial charge is 0.497 e. The SMILES string of the molecule is COc1ccc(CNC(=O)[C@H](C)[NH+]2CC[NH+](Cc3cccc(C)c3)CC2)cc1. The number of piperazine rings is 1. The molecule has 0 spiro atoms. The van der Waals surface area contributed by atoms with Gasteiger partial charge in [-0.15, -0.1) is 0 Å². The van der Waals surface area contributed by atoms with Crippen LogP contribution in [0.3, 0.4) is 0 Å². The van der Waals surface area contributed by atoms with E-state index in [1.165, 1.54) is 16.0 Å². The zero-order chi connectivity index (χ0) is 19.9. The summed E-state index contributed by atoms with van der Waals surface area (Å²) >= 11 is 0. The van der Waals surface area contributed by atoms with Gasteiger partial charge in [-0.05, 0) is 31.5 Å². The Morgan fingerprint density at radius 2 is 1.79 bits per heavy atom. The van der Waals surface area contributed by atoms with E-state index >= 15 is 0 Å². The summed E-state index contributed by atoms with van der Waals surface area (Å²) in [5.74, 6) is 0.965. The first-order chi connectivity index (χ1) is 13.5. The summed E-state index contributed by atoms with van der Waals surface area (Å²) < 4.78 is 5.17. The number of methoxy groups -OCH3 is 1. The molecule has 2 aromatic carbocycles. The monoisotopic (exact) mass is 383 g/mol. The Labute approximate surface area is 168 Å². The lowest BCUT2D eigenvalue weighted by molar-refractivity contribution is -1.02. The second kappa shape index (κ2) is 9.71. The van der Waals surface area contributed by atoms with Gasteiger partial charge in [0.15, 0.2) is 6.04 Å². The molecule has 1 fully saturated rings. The number of hydrogen-bond donors (Lipinski definition) is 3. The van der Waals surface area contributed by atoms with Crippen molar-refractivity contribution >= 4 is 5.91 Å². The van der Waals surface area contributed by atoms with Gasteiger partial charge in [0.25, 0.3) is 5.91 Å². The minimum atomic E-state index is -0.0150. The maximum absolute atomic E-state index is 12.6. The van der Waals surface area contributed by atoms with Gasteiger partial charge < -0.3 is 19.9 Å². The summed E-state index contributed by atoms with van der Waals surface area (Å²) in [4.78, 5) is 15.6. The van der Waals surface area contributed by atoms with Crippen LogP contribution in [0.15, 0.2) is 48.5 Å². The first-order valence-electron chi connectivity index (χ1n) is 10.2. The number of aryl methyl sites for hydroxylation is 1. The summed E-state index contributed by atoms with van der Waals surface area (Å²) in [6.07, 6.45) is 0. The third-order valence-electron chi connectivity index (χ3n) is 5.77. The molecule has 2 aromatic rings. The van der Waals surface area contributed by atoms with Crippen molar-refractivity contribution in [2.75, 3.05) is 33.3 Å². The molecule has 5 heteroatoms. The van der Waals surface area contributed by atoms with E-state index < -0.39 is 0 Å². The van der Waals surface area contributed by atoms with Crippen molar-refractivity contribution in [1.82, 2.24) is 5.32 Å². The summed E-state index contributed by atoms with van der Waals surface area (Å²) in [5, 5.41) is 3.08. The Morgan fingerprint density at radius 1 is 1.07 bits per heavy atom. The number of carbonyl (C=O) groups is 1. The minimum Gasteiger partial charge on any atom is -0.497 e. The molecule has 0 aromatic heterocycles. The molecule has 28 heavy (non-hydrogen) atoms. The Hall–Kier alpha value is -2.37. The molecule has 1 atom stereocenters. The molecule has 1 saturated heterocycles. The van der Waals surface area contributed by atoms with Gasteiger partial charge in [0.2, 0.25) is 0 Å². The lowest BCUT2D eigenvalue weighted by atomic mass is 10.1. The molecule has 0 saturated carbocycles. The van der Waals surface area contributed by atoms with Crippen LogP contribution in [0, 0.1) is 6.92 Å². The van der Waals surface area contributed by atoms with Crippen molar-refractivity contribution in [3.8, 4) is 5.75 Å². The van der Waals surface area contributed by atoms with E-state index in [1.54, 1.807) is 12.0 Å². The lowest BCUT2D eigenvalue weighted by Gasteiger charge is -2.32. The molecular weight excluding hydrogens is 350 g/mol. The van der Waals surface area contributed by atoms with Crippen LogP contribution in [0.2, 0.25) is 0 Å². The first-order valence-corrected chi connectivity index (χ1v) is 10.2. The van der Waals surface area contributed by atoms with Gasteiger partial charge >= 0.3 is 0 Å². The average molecular weight is 384 g/mol. The summed E-state index contributed by atoms with van der Waals surface area (Å²) in [6.45, 7) is 10.1. The Morgan fingerprint density at radius 3 is 2.43 bits per heavy atom. The number of quaternary nitrogens is 2. The van der Waals surface area contributed by atoms with Gasteiger partial charge in [0.05, 0.1) is 7.11 Å². The van der Waals surface area contributed by atoms with E-state index in [4.69, 9.17) is 4.74 Å². The van der Waals surface area contributed by atoms with E-state index in [-0.39, 0.29) is 11.9 Å².